The second kappa shape index (κ2) is 20.9. The molecule has 2 heterocycles. The van der Waals surface area contributed by atoms with Gasteiger partial charge in [0.15, 0.2) is 0 Å². The third-order valence-electron chi connectivity index (χ3n) is 9.03. The summed E-state index contributed by atoms with van der Waals surface area (Å²) in [4.78, 5) is 8.35. The van der Waals surface area contributed by atoms with Crippen molar-refractivity contribution in [3.8, 4) is 22.5 Å². The molecule has 13 nitrogen and oxygen atoms in total. The van der Waals surface area contributed by atoms with E-state index < -0.39 is 72.5 Å². The van der Waals surface area contributed by atoms with E-state index in [1.165, 1.54) is 50.8 Å². The minimum absolute atomic E-state index is 0. The van der Waals surface area contributed by atoms with Gasteiger partial charge in [-0.25, -0.2) is 36.2 Å². The molecular formula is C39H37BF12N7O6S2. The Balaban J connectivity index is 0.000000289. The molecule has 0 aliphatic heterocycles. The van der Waals surface area contributed by atoms with Crippen LogP contribution in [0.15, 0.2) is 108 Å². The van der Waals surface area contributed by atoms with Gasteiger partial charge >= 0.3 is 32.2 Å². The third kappa shape index (κ3) is 14.5. The van der Waals surface area contributed by atoms with Gasteiger partial charge in [-0.15, -0.1) is 0 Å². The fourth-order valence-electron chi connectivity index (χ4n) is 5.77. The molecule has 0 aliphatic carbocycles. The van der Waals surface area contributed by atoms with Crippen molar-refractivity contribution in [2.24, 2.45) is 14.1 Å². The fraction of sp³-hybridized carbons (Fsp3) is 0.231. The predicted molar refractivity (Wildman–Crippen MR) is 221 cm³/mol. The van der Waals surface area contributed by atoms with Gasteiger partial charge in [0.2, 0.25) is 20.0 Å². The normalized spacial score (nSPS) is 12.3. The monoisotopic (exact) mass is 1000 g/mol. The summed E-state index contributed by atoms with van der Waals surface area (Å²) in [6.45, 7) is 0. The highest BCUT2D eigenvalue weighted by atomic mass is 32.2. The summed E-state index contributed by atoms with van der Waals surface area (Å²) in [6, 6.07) is 10.6. The SMILES string of the molecule is CNS(=O)(=O)c1ccc(Cc2cc(C(F)(F)F)cc(C(F)(F)F)c2)c(-c2cn(C)cn2)c1.CNS(=O)(=O)c1ccc(N)c(-c2cn(C)cn2)c1.O.O[B]c1cc(C(F)(F)F)cc(C(F)(F)F)c1. The van der Waals surface area contributed by atoms with Crippen LogP contribution in [0.25, 0.3) is 22.5 Å². The number of hydrogen-bond acceptors (Lipinski definition) is 8. The number of nitrogens with one attached hydrogen (secondary N) is 2. The van der Waals surface area contributed by atoms with Crippen molar-refractivity contribution in [1.29, 1.82) is 0 Å². The predicted octanol–water partition coefficient (Wildman–Crippen LogP) is 6.34. The number of aryl methyl sites for hydroxylation is 2. The van der Waals surface area contributed by atoms with Gasteiger partial charge in [0.25, 0.3) is 0 Å². The molecule has 0 spiro atoms. The van der Waals surface area contributed by atoms with Crippen LogP contribution >= 0.6 is 0 Å². The number of nitrogens with two attached hydrogens (primary N) is 1. The van der Waals surface area contributed by atoms with Crippen molar-refractivity contribution >= 4 is 38.7 Å². The van der Waals surface area contributed by atoms with Crippen molar-refractivity contribution in [2.75, 3.05) is 19.8 Å². The Kier molecular flexibility index (Phi) is 17.3. The van der Waals surface area contributed by atoms with Gasteiger partial charge in [-0.3, -0.25) is 0 Å². The number of imidazole rings is 2. The van der Waals surface area contributed by atoms with E-state index in [1.54, 1.807) is 41.0 Å². The maximum absolute atomic E-state index is 13.2. The van der Waals surface area contributed by atoms with E-state index in [1.807, 2.05) is 7.05 Å². The zero-order valence-corrected chi connectivity index (χ0v) is 36.5. The molecule has 363 valence electrons. The highest BCUT2D eigenvalue weighted by Crippen LogP contribution is 2.38. The summed E-state index contributed by atoms with van der Waals surface area (Å²) in [5, 5.41) is 8.46. The van der Waals surface area contributed by atoms with Crippen LogP contribution in [0.4, 0.5) is 58.4 Å². The lowest BCUT2D eigenvalue weighted by molar-refractivity contribution is -0.144. The number of nitrogen functional groups attached to an aromatic ring is 1. The smallest absolute Gasteiger partial charge is 0.416 e. The molecule has 0 amide bonds. The number of hydrogen-bond donors (Lipinski definition) is 4. The first kappa shape index (κ1) is 55.4. The Hall–Kier alpha value is -5.94. The van der Waals surface area contributed by atoms with Gasteiger partial charge in [-0.1, -0.05) is 23.7 Å². The lowest BCUT2D eigenvalue weighted by atomic mass is 9.86. The van der Waals surface area contributed by atoms with Crippen LogP contribution in [0.3, 0.4) is 0 Å². The van der Waals surface area contributed by atoms with E-state index in [9.17, 15) is 69.5 Å². The number of alkyl halides is 12. The first-order valence-electron chi connectivity index (χ1n) is 18.2. The fourth-order valence-corrected chi connectivity index (χ4v) is 7.29. The first-order valence-corrected chi connectivity index (χ1v) is 21.2. The summed E-state index contributed by atoms with van der Waals surface area (Å²) in [5.41, 5.74) is 1.95. The molecule has 0 atom stereocenters. The van der Waals surface area contributed by atoms with Crippen molar-refractivity contribution in [2.45, 2.75) is 40.9 Å². The number of sulfonamides is 2. The van der Waals surface area contributed by atoms with Crippen LogP contribution in [0.5, 0.6) is 0 Å². The molecule has 4 aromatic carbocycles. The maximum Gasteiger partial charge on any atom is 0.416 e. The van der Waals surface area contributed by atoms with Gasteiger partial charge in [0.05, 0.1) is 56.1 Å². The second-order valence-corrected chi connectivity index (χ2v) is 17.7. The molecule has 0 saturated heterocycles. The van der Waals surface area contributed by atoms with Crippen LogP contribution < -0.4 is 20.6 Å². The van der Waals surface area contributed by atoms with E-state index >= 15 is 0 Å². The molecule has 6 rings (SSSR count). The Morgan fingerprint density at radius 1 is 0.597 bits per heavy atom. The molecule has 7 N–H and O–H groups in total. The summed E-state index contributed by atoms with van der Waals surface area (Å²) in [6.07, 6.45) is -13.6. The minimum Gasteiger partial charge on any atom is -0.450 e. The second-order valence-electron chi connectivity index (χ2n) is 13.9. The number of halogens is 12. The van der Waals surface area contributed by atoms with Gasteiger partial charge < -0.3 is 25.4 Å². The molecule has 0 bridgehead atoms. The lowest BCUT2D eigenvalue weighted by Crippen LogP contribution is -2.21. The summed E-state index contributed by atoms with van der Waals surface area (Å²) < 4.78 is 208. The van der Waals surface area contributed by atoms with Crippen LogP contribution in [0.1, 0.15) is 33.4 Å². The van der Waals surface area contributed by atoms with Crippen LogP contribution in [-0.4, -0.2) is 68.0 Å². The standard InChI is InChI=1S/C20H17F6N3O2S.C11H14N4O2S.C8H4BF6O.H2O/c1-27-32(30,31)16-4-3-13(17(9-16)18-10-29(2)11-28-18)5-12-6-14(19(21,22)23)8-15(7-12)20(24,25)26;1-13-18(16,17)8-3-4-10(12)9(5-8)11-6-15(2)7-14-11;10-7(11,12)4-1-5(8(13,14)15)3-6(2-4)9-16;/h3-4,6-11,27H,5H2,1-2H3;3-7,13H,12H2,1-2H3;1-3,16H;1H2. The number of nitrogens with zero attached hydrogens (tertiary/aromatic N) is 4. The van der Waals surface area contributed by atoms with E-state index in [0.29, 0.717) is 52.5 Å². The number of rotatable bonds is 9. The molecule has 28 heteroatoms. The van der Waals surface area contributed by atoms with Gasteiger partial charge in [-0.2, -0.15) is 52.7 Å². The zero-order chi connectivity index (χ0) is 49.8. The number of anilines is 1. The largest absolute Gasteiger partial charge is 0.450 e. The van der Waals surface area contributed by atoms with Gasteiger partial charge in [0.1, 0.15) is 0 Å². The molecule has 2 aromatic heterocycles. The lowest BCUT2D eigenvalue weighted by Gasteiger charge is -2.16. The molecule has 67 heavy (non-hydrogen) atoms. The van der Waals surface area contributed by atoms with Crippen molar-refractivity contribution in [3.63, 3.8) is 0 Å². The van der Waals surface area contributed by atoms with Crippen molar-refractivity contribution < 1.29 is 80.0 Å². The summed E-state index contributed by atoms with van der Waals surface area (Å²) in [7, 11) is -1.07. The molecule has 6 aromatic rings. The van der Waals surface area contributed by atoms with Crippen LogP contribution in [-0.2, 0) is 65.3 Å². The number of aromatic nitrogens is 4. The van der Waals surface area contributed by atoms with E-state index in [0.717, 1.165) is 0 Å². The highest BCUT2D eigenvalue weighted by Gasteiger charge is 2.38. The number of benzene rings is 4. The Bertz CT molecular complexity index is 2840. The Labute approximate surface area is 375 Å². The molecule has 0 fully saturated rings. The molecule has 0 saturated carbocycles. The van der Waals surface area contributed by atoms with Gasteiger partial charge in [-0.05, 0) is 86.2 Å². The third-order valence-corrected chi connectivity index (χ3v) is 11.9. The zero-order valence-electron chi connectivity index (χ0n) is 34.8. The average molecular weight is 1000 g/mol. The van der Waals surface area contributed by atoms with E-state index in [4.69, 9.17) is 10.8 Å². The first-order chi connectivity index (χ1) is 30.3. The van der Waals surface area contributed by atoms with Crippen LogP contribution in [0.2, 0.25) is 0 Å². The molecule has 0 unspecified atom stereocenters. The summed E-state index contributed by atoms with van der Waals surface area (Å²) >= 11 is 0. The average Bonchev–Trinajstić information content (AvgIpc) is 3.87. The van der Waals surface area contributed by atoms with Gasteiger partial charge in [0, 0.05) is 43.3 Å². The summed E-state index contributed by atoms with van der Waals surface area (Å²) in [5.74, 6) is 0. The molecule has 0 aliphatic rings. The van der Waals surface area contributed by atoms with E-state index in [-0.39, 0.29) is 52.4 Å². The maximum atomic E-state index is 13.2. The highest BCUT2D eigenvalue weighted by molar-refractivity contribution is 7.89. The Morgan fingerprint density at radius 2 is 0.970 bits per heavy atom. The molecule has 1 radical (unpaired) electrons. The minimum atomic E-state index is -4.97. The van der Waals surface area contributed by atoms with Crippen molar-refractivity contribution in [1.82, 2.24) is 28.5 Å². The topological polar surface area (TPSA) is 206 Å². The Morgan fingerprint density at radius 3 is 1.33 bits per heavy atom. The van der Waals surface area contributed by atoms with E-state index in [2.05, 4.69) is 19.4 Å². The van der Waals surface area contributed by atoms with Crippen LogP contribution in [0, 0.1) is 0 Å². The van der Waals surface area contributed by atoms with Crippen molar-refractivity contribution in [3.05, 3.63) is 131 Å². The molecular weight excluding hydrogens is 965 g/mol. The quantitative estimate of drug-likeness (QED) is 0.0730.